The number of anilines is 1. The molecule has 1 saturated heterocycles. The predicted octanol–water partition coefficient (Wildman–Crippen LogP) is 2.89. The fourth-order valence-corrected chi connectivity index (χ4v) is 5.13. The first-order valence-corrected chi connectivity index (χ1v) is 11.7. The summed E-state index contributed by atoms with van der Waals surface area (Å²) in [6.45, 7) is 1.31. The van der Waals surface area contributed by atoms with Crippen molar-refractivity contribution in [3.63, 3.8) is 0 Å². The zero-order valence-electron chi connectivity index (χ0n) is 17.4. The van der Waals surface area contributed by atoms with E-state index in [2.05, 4.69) is 10.6 Å². The molecule has 2 amide bonds. The molecule has 3 rings (SSSR count). The van der Waals surface area contributed by atoms with Crippen molar-refractivity contribution in [1.82, 2.24) is 9.62 Å². The molecule has 8 nitrogen and oxygen atoms in total. The maximum Gasteiger partial charge on any atom is 0.255 e. The Kier molecular flexibility index (Phi) is 7.83. The van der Waals surface area contributed by atoms with Crippen LogP contribution in [0.25, 0.3) is 0 Å². The van der Waals surface area contributed by atoms with Crippen LogP contribution < -0.4 is 10.6 Å². The van der Waals surface area contributed by atoms with Crippen LogP contribution in [0.4, 0.5) is 10.1 Å². The molecule has 172 valence electrons. The van der Waals surface area contributed by atoms with Gasteiger partial charge in [0.05, 0.1) is 17.2 Å². The van der Waals surface area contributed by atoms with Crippen LogP contribution >= 0.6 is 11.6 Å². The lowest BCUT2D eigenvalue weighted by molar-refractivity contribution is 0.0936. The normalized spacial score (nSPS) is 14.3. The number of benzene rings is 2. The highest BCUT2D eigenvalue weighted by atomic mass is 35.5. The summed E-state index contributed by atoms with van der Waals surface area (Å²) in [5, 5.41) is 5.34. The Morgan fingerprint density at radius 3 is 2.50 bits per heavy atom. The molecule has 0 radical (unpaired) electrons. The minimum Gasteiger partial charge on any atom is -0.383 e. The summed E-state index contributed by atoms with van der Waals surface area (Å²) in [4.78, 5) is 24.3. The van der Waals surface area contributed by atoms with Crippen molar-refractivity contribution < 1.29 is 27.1 Å². The number of hydrogen-bond donors (Lipinski definition) is 2. The van der Waals surface area contributed by atoms with Gasteiger partial charge in [-0.05, 0) is 49.2 Å². The van der Waals surface area contributed by atoms with E-state index in [0.717, 1.165) is 12.1 Å². The molecule has 0 aliphatic carbocycles. The maximum absolute atomic E-state index is 14.3. The second kappa shape index (κ2) is 10.4. The van der Waals surface area contributed by atoms with Gasteiger partial charge in [0.2, 0.25) is 10.0 Å². The molecule has 2 aromatic rings. The van der Waals surface area contributed by atoms with E-state index in [1.165, 1.54) is 35.7 Å². The van der Waals surface area contributed by atoms with Gasteiger partial charge in [-0.3, -0.25) is 9.59 Å². The lowest BCUT2D eigenvalue weighted by Crippen LogP contribution is -2.29. The largest absolute Gasteiger partial charge is 0.383 e. The predicted molar refractivity (Wildman–Crippen MR) is 118 cm³/mol. The number of carbonyl (C=O) groups is 2. The van der Waals surface area contributed by atoms with Crippen LogP contribution in [0, 0.1) is 5.82 Å². The molecule has 0 atom stereocenters. The van der Waals surface area contributed by atoms with Gasteiger partial charge in [-0.25, -0.2) is 12.8 Å². The number of nitrogens with one attached hydrogen (secondary N) is 2. The first-order chi connectivity index (χ1) is 15.2. The van der Waals surface area contributed by atoms with Crippen LogP contribution in [-0.4, -0.2) is 57.9 Å². The second-order valence-corrected chi connectivity index (χ2v) is 9.47. The highest BCUT2D eigenvalue weighted by molar-refractivity contribution is 7.89. The molecular formula is C21H23ClFN3O5S. The average molecular weight is 484 g/mol. The van der Waals surface area contributed by atoms with Gasteiger partial charge in [-0.15, -0.1) is 0 Å². The first-order valence-electron chi connectivity index (χ1n) is 9.92. The monoisotopic (exact) mass is 483 g/mol. The summed E-state index contributed by atoms with van der Waals surface area (Å²) in [5.41, 5.74) is 0.491. The third kappa shape index (κ3) is 5.44. The number of nitrogens with zero attached hydrogens (tertiary/aromatic N) is 1. The van der Waals surface area contributed by atoms with Crippen LogP contribution in [-0.2, 0) is 14.8 Å². The van der Waals surface area contributed by atoms with Gasteiger partial charge in [-0.1, -0.05) is 11.6 Å². The van der Waals surface area contributed by atoms with Gasteiger partial charge >= 0.3 is 0 Å². The van der Waals surface area contributed by atoms with Crippen LogP contribution in [0.3, 0.4) is 0 Å². The molecule has 0 spiro atoms. The fourth-order valence-electron chi connectivity index (χ4n) is 3.25. The number of methoxy groups -OCH3 is 1. The topological polar surface area (TPSA) is 105 Å². The molecule has 0 bridgehead atoms. The van der Waals surface area contributed by atoms with Gasteiger partial charge in [-0.2, -0.15) is 4.31 Å². The summed E-state index contributed by atoms with van der Waals surface area (Å²) in [7, 11) is -2.51. The zero-order valence-corrected chi connectivity index (χ0v) is 18.9. The molecule has 32 heavy (non-hydrogen) atoms. The number of hydrogen-bond acceptors (Lipinski definition) is 5. The van der Waals surface area contributed by atoms with Gasteiger partial charge < -0.3 is 15.4 Å². The van der Waals surface area contributed by atoms with E-state index < -0.39 is 26.6 Å². The molecule has 1 fully saturated rings. The molecule has 1 aliphatic rings. The molecule has 0 saturated carbocycles. The van der Waals surface area contributed by atoms with Crippen molar-refractivity contribution >= 4 is 39.1 Å². The van der Waals surface area contributed by atoms with Crippen molar-refractivity contribution in [2.45, 2.75) is 17.7 Å². The van der Waals surface area contributed by atoms with Crippen molar-refractivity contribution in [2.75, 3.05) is 38.7 Å². The highest BCUT2D eigenvalue weighted by Gasteiger charge is 2.30. The van der Waals surface area contributed by atoms with E-state index in [1.807, 2.05) is 0 Å². The van der Waals surface area contributed by atoms with Crippen LogP contribution in [0.1, 0.15) is 33.6 Å². The minimum absolute atomic E-state index is 0.0262. The number of carbonyl (C=O) groups excluding carboxylic acids is 2. The van der Waals surface area contributed by atoms with Gasteiger partial charge in [0, 0.05) is 38.0 Å². The van der Waals surface area contributed by atoms with E-state index >= 15 is 0 Å². The molecule has 0 unspecified atom stereocenters. The standard InChI is InChI=1S/C21H23ClFN3O5S/c1-31-11-8-24-21(28)16-6-5-15(13-17(16)22)25-20(27)14-4-7-18(23)19(12-14)32(29,30)26-9-2-3-10-26/h4-7,12-13H,2-3,8-11H2,1H3,(H,24,28)(H,25,27). The van der Waals surface area contributed by atoms with Crippen molar-refractivity contribution in [3.8, 4) is 0 Å². The lowest BCUT2D eigenvalue weighted by Gasteiger charge is -2.16. The van der Waals surface area contributed by atoms with E-state index in [4.69, 9.17) is 16.3 Å². The van der Waals surface area contributed by atoms with Crippen LogP contribution in [0.2, 0.25) is 5.02 Å². The Balaban J connectivity index is 1.76. The minimum atomic E-state index is -4.03. The van der Waals surface area contributed by atoms with E-state index in [0.29, 0.717) is 44.8 Å². The number of halogens is 2. The lowest BCUT2D eigenvalue weighted by atomic mass is 10.1. The van der Waals surface area contributed by atoms with Crippen molar-refractivity contribution in [1.29, 1.82) is 0 Å². The molecule has 2 N–H and O–H groups in total. The summed E-state index contributed by atoms with van der Waals surface area (Å²) in [6.07, 6.45) is 1.42. The molecular weight excluding hydrogens is 461 g/mol. The number of amides is 2. The third-order valence-corrected chi connectivity index (χ3v) is 7.17. The SMILES string of the molecule is COCCNC(=O)c1ccc(NC(=O)c2ccc(F)c(S(=O)(=O)N3CCCC3)c2)cc1Cl. The third-order valence-electron chi connectivity index (χ3n) is 4.94. The fraction of sp³-hybridized carbons (Fsp3) is 0.333. The van der Waals surface area contributed by atoms with Gasteiger partial charge in [0.25, 0.3) is 11.8 Å². The molecule has 2 aromatic carbocycles. The van der Waals surface area contributed by atoms with Crippen molar-refractivity contribution in [3.05, 3.63) is 58.4 Å². The molecule has 11 heteroatoms. The summed E-state index contributed by atoms with van der Waals surface area (Å²) in [5.74, 6) is -1.95. The van der Waals surface area contributed by atoms with Crippen LogP contribution in [0.15, 0.2) is 41.3 Å². The Labute approximate surface area is 190 Å². The summed E-state index contributed by atoms with van der Waals surface area (Å²) in [6, 6.07) is 7.52. The number of sulfonamides is 1. The van der Waals surface area contributed by atoms with Gasteiger partial charge in [0.1, 0.15) is 10.7 Å². The molecule has 1 heterocycles. The van der Waals surface area contributed by atoms with Crippen LogP contribution in [0.5, 0.6) is 0 Å². The summed E-state index contributed by atoms with van der Waals surface area (Å²) < 4.78 is 45.8. The first kappa shape index (κ1) is 24.1. The number of ether oxygens (including phenoxy) is 1. The highest BCUT2D eigenvalue weighted by Crippen LogP contribution is 2.25. The number of rotatable bonds is 8. The molecule has 0 aromatic heterocycles. The Morgan fingerprint density at radius 2 is 1.84 bits per heavy atom. The van der Waals surface area contributed by atoms with Gasteiger partial charge in [0.15, 0.2) is 0 Å². The summed E-state index contributed by atoms with van der Waals surface area (Å²) >= 11 is 6.17. The Hall–Kier alpha value is -2.53. The van der Waals surface area contributed by atoms with E-state index in [9.17, 15) is 22.4 Å². The Bertz CT molecular complexity index is 1120. The second-order valence-electron chi connectivity index (χ2n) is 7.15. The molecule has 1 aliphatic heterocycles. The smallest absolute Gasteiger partial charge is 0.255 e. The van der Waals surface area contributed by atoms with E-state index in [1.54, 1.807) is 0 Å². The van der Waals surface area contributed by atoms with Crippen molar-refractivity contribution in [2.24, 2.45) is 0 Å². The quantitative estimate of drug-likeness (QED) is 0.562. The van der Waals surface area contributed by atoms with E-state index in [-0.39, 0.29) is 22.1 Å². The Morgan fingerprint density at radius 1 is 1.12 bits per heavy atom. The maximum atomic E-state index is 14.3. The zero-order chi connectivity index (χ0) is 23.3. The average Bonchev–Trinajstić information content (AvgIpc) is 3.30.